The minimum atomic E-state index is -0.295. The highest BCUT2D eigenvalue weighted by molar-refractivity contribution is 7.08. The van der Waals surface area contributed by atoms with Crippen molar-refractivity contribution < 1.29 is 9.18 Å². The second kappa shape index (κ2) is 4.18. The van der Waals surface area contributed by atoms with Crippen molar-refractivity contribution in [2.45, 2.75) is 13.8 Å². The Morgan fingerprint density at radius 2 is 1.88 bits per heavy atom. The summed E-state index contributed by atoms with van der Waals surface area (Å²) in [5.74, 6) is -0.326. The predicted octanol–water partition coefficient (Wildman–Crippen LogP) is 3.74. The summed E-state index contributed by atoms with van der Waals surface area (Å²) < 4.78 is 13.1. The molecule has 0 saturated heterocycles. The van der Waals surface area contributed by atoms with E-state index in [-0.39, 0.29) is 11.6 Å². The van der Waals surface area contributed by atoms with E-state index in [0.29, 0.717) is 22.3 Å². The summed E-state index contributed by atoms with van der Waals surface area (Å²) in [5.41, 5.74) is 2.66. The van der Waals surface area contributed by atoms with E-state index in [1.807, 2.05) is 10.8 Å². The molecule has 0 saturated carbocycles. The average molecular weight is 234 g/mol. The number of carbonyl (C=O) groups is 1. The quantitative estimate of drug-likeness (QED) is 0.723. The fourth-order valence-electron chi connectivity index (χ4n) is 1.81. The van der Waals surface area contributed by atoms with Crippen LogP contribution in [0.15, 0.2) is 29.0 Å². The lowest BCUT2D eigenvalue weighted by molar-refractivity contribution is 0.103. The van der Waals surface area contributed by atoms with Crippen molar-refractivity contribution in [2.24, 2.45) is 0 Å². The fraction of sp³-hybridized carbons (Fsp3) is 0.154. The molecule has 0 fully saturated rings. The lowest BCUT2D eigenvalue weighted by Crippen LogP contribution is -2.05. The Hall–Kier alpha value is -1.48. The number of ketones is 1. The number of aryl methyl sites for hydroxylation is 2. The van der Waals surface area contributed by atoms with Gasteiger partial charge in [0.1, 0.15) is 5.82 Å². The first-order valence-corrected chi connectivity index (χ1v) is 5.87. The standard InChI is InChI=1S/C13H11FOS/c1-8-5-11(14)6-9(2)12(8)13(15)10-3-4-16-7-10/h3-7H,1-2H3. The third-order valence-electron chi connectivity index (χ3n) is 2.51. The molecule has 2 aromatic rings. The van der Waals surface area contributed by atoms with Crippen LogP contribution in [0.2, 0.25) is 0 Å². The van der Waals surface area contributed by atoms with Gasteiger partial charge in [-0.15, -0.1) is 0 Å². The first kappa shape index (κ1) is 11.0. The van der Waals surface area contributed by atoms with Gasteiger partial charge in [0.05, 0.1) is 0 Å². The lowest BCUT2D eigenvalue weighted by atomic mass is 9.96. The summed E-state index contributed by atoms with van der Waals surface area (Å²) in [7, 11) is 0. The van der Waals surface area contributed by atoms with Crippen molar-refractivity contribution in [1.82, 2.24) is 0 Å². The molecule has 1 heterocycles. The molecule has 0 unspecified atom stereocenters. The molecule has 0 aliphatic heterocycles. The van der Waals surface area contributed by atoms with Crippen molar-refractivity contribution >= 4 is 17.1 Å². The minimum Gasteiger partial charge on any atom is -0.289 e. The van der Waals surface area contributed by atoms with Crippen molar-refractivity contribution in [3.63, 3.8) is 0 Å². The van der Waals surface area contributed by atoms with Crippen molar-refractivity contribution in [1.29, 1.82) is 0 Å². The maximum absolute atomic E-state index is 13.1. The molecule has 0 N–H and O–H groups in total. The Morgan fingerprint density at radius 1 is 1.25 bits per heavy atom. The molecule has 82 valence electrons. The SMILES string of the molecule is Cc1cc(F)cc(C)c1C(=O)c1ccsc1. The minimum absolute atomic E-state index is 0.0312. The van der Waals surface area contributed by atoms with Crippen molar-refractivity contribution in [3.8, 4) is 0 Å². The largest absolute Gasteiger partial charge is 0.289 e. The molecule has 3 heteroatoms. The van der Waals surface area contributed by atoms with Crippen LogP contribution in [-0.4, -0.2) is 5.78 Å². The molecule has 0 radical (unpaired) electrons. The predicted molar refractivity (Wildman–Crippen MR) is 63.6 cm³/mol. The molecule has 0 amide bonds. The fourth-order valence-corrected chi connectivity index (χ4v) is 2.44. The number of halogens is 1. The zero-order valence-corrected chi connectivity index (χ0v) is 9.90. The third kappa shape index (κ3) is 1.91. The number of benzene rings is 1. The summed E-state index contributed by atoms with van der Waals surface area (Å²) in [6, 6.07) is 4.58. The monoisotopic (exact) mass is 234 g/mol. The van der Waals surface area contributed by atoms with Gasteiger partial charge in [0.15, 0.2) is 5.78 Å². The van der Waals surface area contributed by atoms with Crippen LogP contribution < -0.4 is 0 Å². The smallest absolute Gasteiger partial charge is 0.194 e. The van der Waals surface area contributed by atoms with E-state index in [1.54, 1.807) is 19.9 Å². The van der Waals surface area contributed by atoms with Gasteiger partial charge in [0.2, 0.25) is 0 Å². The van der Waals surface area contributed by atoms with Crippen LogP contribution in [0.25, 0.3) is 0 Å². The molecule has 1 aromatic carbocycles. The molecule has 0 bridgehead atoms. The van der Waals surface area contributed by atoms with Crippen LogP contribution >= 0.6 is 11.3 Å². The second-order valence-corrected chi connectivity index (χ2v) is 4.54. The van der Waals surface area contributed by atoms with E-state index in [2.05, 4.69) is 0 Å². The highest BCUT2D eigenvalue weighted by atomic mass is 32.1. The van der Waals surface area contributed by atoms with Gasteiger partial charge in [-0.05, 0) is 48.6 Å². The zero-order chi connectivity index (χ0) is 11.7. The number of thiophene rings is 1. The van der Waals surface area contributed by atoms with Crippen molar-refractivity contribution in [3.05, 3.63) is 57.0 Å². The lowest BCUT2D eigenvalue weighted by Gasteiger charge is -2.07. The van der Waals surface area contributed by atoms with Gasteiger partial charge in [0, 0.05) is 16.5 Å². The molecule has 1 aromatic heterocycles. The van der Waals surface area contributed by atoms with Gasteiger partial charge in [-0.25, -0.2) is 4.39 Å². The zero-order valence-electron chi connectivity index (χ0n) is 9.08. The summed E-state index contributed by atoms with van der Waals surface area (Å²) in [6.07, 6.45) is 0. The second-order valence-electron chi connectivity index (χ2n) is 3.76. The summed E-state index contributed by atoms with van der Waals surface area (Å²) in [4.78, 5) is 12.1. The Kier molecular flexibility index (Phi) is 2.88. The maximum atomic E-state index is 13.1. The Balaban J connectivity index is 2.53. The Bertz CT molecular complexity index is 506. The summed E-state index contributed by atoms with van der Waals surface area (Å²) >= 11 is 1.48. The Labute approximate surface area is 97.6 Å². The summed E-state index contributed by atoms with van der Waals surface area (Å²) in [5, 5.41) is 3.67. The molecule has 1 nitrogen and oxygen atoms in total. The molecule has 0 spiro atoms. The van der Waals surface area contributed by atoms with Crippen LogP contribution in [0.1, 0.15) is 27.0 Å². The van der Waals surface area contributed by atoms with E-state index in [1.165, 1.54) is 23.5 Å². The van der Waals surface area contributed by atoms with Crippen LogP contribution in [-0.2, 0) is 0 Å². The average Bonchev–Trinajstić information content (AvgIpc) is 2.67. The number of carbonyl (C=O) groups excluding carboxylic acids is 1. The summed E-state index contributed by atoms with van der Waals surface area (Å²) in [6.45, 7) is 3.52. The molecule has 0 aliphatic rings. The first-order valence-electron chi connectivity index (χ1n) is 4.93. The van der Waals surface area contributed by atoms with Gasteiger partial charge in [-0.2, -0.15) is 11.3 Å². The molecular formula is C13H11FOS. The Morgan fingerprint density at radius 3 is 2.38 bits per heavy atom. The van der Waals surface area contributed by atoms with E-state index >= 15 is 0 Å². The maximum Gasteiger partial charge on any atom is 0.194 e. The van der Waals surface area contributed by atoms with Gasteiger partial charge in [-0.1, -0.05) is 0 Å². The number of hydrogen-bond donors (Lipinski definition) is 0. The highest BCUT2D eigenvalue weighted by Crippen LogP contribution is 2.20. The number of hydrogen-bond acceptors (Lipinski definition) is 2. The van der Waals surface area contributed by atoms with Crippen LogP contribution in [0, 0.1) is 19.7 Å². The van der Waals surface area contributed by atoms with Gasteiger partial charge in [0.25, 0.3) is 0 Å². The highest BCUT2D eigenvalue weighted by Gasteiger charge is 2.15. The topological polar surface area (TPSA) is 17.1 Å². The molecule has 2 rings (SSSR count). The number of rotatable bonds is 2. The normalized spacial score (nSPS) is 10.4. The van der Waals surface area contributed by atoms with E-state index in [0.717, 1.165) is 0 Å². The van der Waals surface area contributed by atoms with Crippen molar-refractivity contribution in [2.75, 3.05) is 0 Å². The third-order valence-corrected chi connectivity index (χ3v) is 3.19. The van der Waals surface area contributed by atoms with Gasteiger partial charge < -0.3 is 0 Å². The molecular weight excluding hydrogens is 223 g/mol. The molecule has 0 aliphatic carbocycles. The van der Waals surface area contributed by atoms with Gasteiger partial charge >= 0.3 is 0 Å². The molecule has 16 heavy (non-hydrogen) atoms. The van der Waals surface area contributed by atoms with E-state index in [9.17, 15) is 9.18 Å². The van der Waals surface area contributed by atoms with Crippen LogP contribution in [0.4, 0.5) is 4.39 Å². The van der Waals surface area contributed by atoms with E-state index in [4.69, 9.17) is 0 Å². The van der Waals surface area contributed by atoms with Gasteiger partial charge in [-0.3, -0.25) is 4.79 Å². The van der Waals surface area contributed by atoms with Crippen LogP contribution in [0.3, 0.4) is 0 Å². The molecule has 0 atom stereocenters. The van der Waals surface area contributed by atoms with Crippen LogP contribution in [0.5, 0.6) is 0 Å². The van der Waals surface area contributed by atoms with E-state index < -0.39 is 0 Å². The first-order chi connectivity index (χ1) is 7.59.